The summed E-state index contributed by atoms with van der Waals surface area (Å²) < 4.78 is 0. The molecule has 0 aliphatic carbocycles. The van der Waals surface area contributed by atoms with Gasteiger partial charge in [-0.15, -0.1) is 0 Å². The Morgan fingerprint density at radius 3 is 1.56 bits per heavy atom. The fraction of sp³-hybridized carbons (Fsp3) is 0.722. The molecule has 8 N–H and O–H groups in total. The number of carbonyl (C=O) groups is 10. The summed E-state index contributed by atoms with van der Waals surface area (Å²) in [6.07, 6.45) is -1.41. The van der Waals surface area contributed by atoms with E-state index in [1.165, 1.54) is 0 Å². The van der Waals surface area contributed by atoms with Gasteiger partial charge in [0.25, 0.3) is 5.91 Å². The maximum absolute atomic E-state index is 13.6. The van der Waals surface area contributed by atoms with Crippen LogP contribution < -0.4 is 31.9 Å². The van der Waals surface area contributed by atoms with E-state index in [9.17, 15) is 53.1 Å². The zero-order valence-corrected chi connectivity index (χ0v) is 32.8. The van der Waals surface area contributed by atoms with Gasteiger partial charge in [0, 0.05) is 26.3 Å². The molecule has 18 heteroatoms. The molecule has 6 amide bonds. The molecule has 18 nitrogen and oxygen atoms in total. The van der Waals surface area contributed by atoms with Gasteiger partial charge in [0.05, 0.1) is 24.4 Å². The largest absolute Gasteiger partial charge is 0.481 e. The van der Waals surface area contributed by atoms with Gasteiger partial charge in [-0.05, 0) is 43.4 Å². The molecule has 0 bridgehead atoms. The highest BCUT2D eigenvalue weighted by atomic mass is 16.4. The van der Waals surface area contributed by atoms with E-state index in [1.807, 2.05) is 20.8 Å². The van der Waals surface area contributed by atoms with Crippen molar-refractivity contribution in [3.63, 3.8) is 0 Å². The Morgan fingerprint density at radius 2 is 1.11 bits per heavy atom. The lowest BCUT2D eigenvalue weighted by Gasteiger charge is -2.30. The molecule has 0 heterocycles. The number of rotatable bonds is 26. The Hall–Kier alpha value is -4.90. The smallest absolute Gasteiger partial charge is 0.304 e. The van der Waals surface area contributed by atoms with Crippen LogP contribution in [0, 0.1) is 23.7 Å². The van der Waals surface area contributed by atoms with E-state index < -0.39 is 126 Å². The van der Waals surface area contributed by atoms with Crippen molar-refractivity contribution in [1.82, 2.24) is 31.9 Å². The van der Waals surface area contributed by atoms with Gasteiger partial charge in [0.1, 0.15) is 18.1 Å². The highest BCUT2D eigenvalue weighted by Gasteiger charge is 2.36. The summed E-state index contributed by atoms with van der Waals surface area (Å²) in [7, 11) is 0. The first-order valence-electron chi connectivity index (χ1n) is 18.3. The second-order valence-electron chi connectivity index (χ2n) is 14.4. The van der Waals surface area contributed by atoms with Crippen LogP contribution >= 0.6 is 0 Å². The number of hydrogen-bond acceptors (Lipinski definition) is 10. The maximum Gasteiger partial charge on any atom is 0.304 e. The minimum Gasteiger partial charge on any atom is -0.481 e. The van der Waals surface area contributed by atoms with E-state index in [-0.39, 0.29) is 31.7 Å². The second kappa shape index (κ2) is 24.4. The van der Waals surface area contributed by atoms with E-state index in [4.69, 9.17) is 5.11 Å². The summed E-state index contributed by atoms with van der Waals surface area (Å²) in [6.45, 7) is 14.9. The van der Waals surface area contributed by atoms with Crippen molar-refractivity contribution in [1.29, 1.82) is 0 Å². The van der Waals surface area contributed by atoms with Crippen molar-refractivity contribution < 1.29 is 58.2 Å². The van der Waals surface area contributed by atoms with Gasteiger partial charge in [-0.2, -0.15) is 0 Å². The van der Waals surface area contributed by atoms with Crippen molar-refractivity contribution in [2.45, 2.75) is 137 Å². The molecule has 0 aromatic heterocycles. The predicted molar refractivity (Wildman–Crippen MR) is 195 cm³/mol. The number of carboxylic acids is 2. The average Bonchev–Trinajstić information content (AvgIpc) is 3.06. The zero-order valence-electron chi connectivity index (χ0n) is 32.8. The summed E-state index contributed by atoms with van der Waals surface area (Å²) in [6, 6.07) is -6.13. The highest BCUT2D eigenvalue weighted by molar-refractivity contribution is 6.38. The second-order valence-corrected chi connectivity index (χ2v) is 14.4. The third kappa shape index (κ3) is 18.2. The van der Waals surface area contributed by atoms with Crippen LogP contribution in [0.2, 0.25) is 0 Å². The van der Waals surface area contributed by atoms with Gasteiger partial charge >= 0.3 is 11.9 Å². The number of ketones is 2. The summed E-state index contributed by atoms with van der Waals surface area (Å²) in [5.74, 6) is -11.7. The third-order valence-corrected chi connectivity index (χ3v) is 8.29. The molecule has 0 aliphatic heterocycles. The molecule has 0 spiro atoms. The van der Waals surface area contributed by atoms with E-state index in [0.717, 1.165) is 6.92 Å². The van der Waals surface area contributed by atoms with E-state index >= 15 is 0 Å². The predicted octanol–water partition coefficient (Wildman–Crippen LogP) is 0.209. The van der Waals surface area contributed by atoms with Crippen molar-refractivity contribution in [3.05, 3.63) is 0 Å². The first-order valence-corrected chi connectivity index (χ1v) is 18.3. The van der Waals surface area contributed by atoms with Gasteiger partial charge in [-0.1, -0.05) is 55.4 Å². The molecule has 0 aliphatic rings. The van der Waals surface area contributed by atoms with Crippen LogP contribution in [0.1, 0.15) is 107 Å². The summed E-state index contributed by atoms with van der Waals surface area (Å²) >= 11 is 0. The van der Waals surface area contributed by atoms with Crippen LogP contribution in [0.25, 0.3) is 0 Å². The Bertz CT molecular complexity index is 1370. The number of carboxylic acid groups (broad SMARTS) is 2. The molecule has 306 valence electrons. The molecule has 54 heavy (non-hydrogen) atoms. The summed E-state index contributed by atoms with van der Waals surface area (Å²) in [4.78, 5) is 126. The van der Waals surface area contributed by atoms with Crippen LogP contribution in [-0.2, 0) is 47.9 Å². The quantitative estimate of drug-likeness (QED) is 0.0549. The first kappa shape index (κ1) is 49.1. The van der Waals surface area contributed by atoms with Crippen molar-refractivity contribution in [2.75, 3.05) is 6.54 Å². The molecule has 0 saturated heterocycles. The normalized spacial score (nSPS) is 14.4. The number of aliphatic carboxylic acids is 2. The number of amides is 6. The topological polar surface area (TPSA) is 283 Å². The molecule has 0 fully saturated rings. The minimum absolute atomic E-state index is 0.103. The van der Waals surface area contributed by atoms with Crippen LogP contribution in [-0.4, -0.2) is 106 Å². The first-order chi connectivity index (χ1) is 25.0. The molecule has 0 aromatic carbocycles. The number of Topliss-reactive ketones (excluding diaryl/α,β-unsaturated/α-hetero) is 2. The van der Waals surface area contributed by atoms with Gasteiger partial charge in [0.15, 0.2) is 5.78 Å². The lowest BCUT2D eigenvalue weighted by molar-refractivity contribution is -0.143. The number of carbonyl (C=O) groups excluding carboxylic acids is 8. The fourth-order valence-corrected chi connectivity index (χ4v) is 5.34. The van der Waals surface area contributed by atoms with Gasteiger partial charge < -0.3 is 42.1 Å². The fourth-order valence-electron chi connectivity index (χ4n) is 5.34. The van der Waals surface area contributed by atoms with Crippen molar-refractivity contribution >= 4 is 58.9 Å². The van der Waals surface area contributed by atoms with Crippen LogP contribution in [0.3, 0.4) is 0 Å². The Balaban J connectivity index is 6.12. The van der Waals surface area contributed by atoms with E-state index in [0.29, 0.717) is 6.42 Å². The molecule has 0 saturated carbocycles. The van der Waals surface area contributed by atoms with Crippen LogP contribution in [0.15, 0.2) is 0 Å². The molecule has 0 radical (unpaired) electrons. The Kier molecular flexibility index (Phi) is 22.2. The Labute approximate surface area is 316 Å². The third-order valence-electron chi connectivity index (χ3n) is 8.29. The van der Waals surface area contributed by atoms with Crippen molar-refractivity contribution in [3.8, 4) is 0 Å². The van der Waals surface area contributed by atoms with E-state index in [2.05, 4.69) is 31.9 Å². The van der Waals surface area contributed by atoms with Crippen LogP contribution in [0.5, 0.6) is 0 Å². The summed E-state index contributed by atoms with van der Waals surface area (Å²) in [5.41, 5.74) is 0. The average molecular weight is 769 g/mol. The molecule has 0 rings (SSSR count). The molecular formula is C36H60N6O12. The lowest BCUT2D eigenvalue weighted by atomic mass is 9.92. The van der Waals surface area contributed by atoms with Crippen molar-refractivity contribution in [2.24, 2.45) is 23.7 Å². The molecule has 0 unspecified atom stereocenters. The van der Waals surface area contributed by atoms with Crippen LogP contribution in [0.4, 0.5) is 0 Å². The maximum atomic E-state index is 13.6. The zero-order chi connectivity index (χ0) is 41.9. The monoisotopic (exact) mass is 768 g/mol. The summed E-state index contributed by atoms with van der Waals surface area (Å²) in [5, 5.41) is 33.6. The SMILES string of the molecule is CCCNC(=O)C(=O)[C@H](CC)NC(=O)[C@H](CC(C)C)NC(=O)[C@@H](NC(=O)[C@@H](NC(=O)[C@H](CC(=O)O)CC(=O)[C@H](CCC(=O)O)NC(C)=O)C(C)C)C(C)C. The lowest BCUT2D eigenvalue weighted by Crippen LogP contribution is -2.60. The number of hydrogen-bond donors (Lipinski definition) is 8. The Morgan fingerprint density at radius 1 is 0.593 bits per heavy atom. The standard InChI is InChI=1S/C36H60N6O12/c1-10-14-37-36(54)31(49)23(11-2)39-33(51)25(15-18(3)4)40-34(52)29(19(5)6)42-35(53)30(20(7)8)41-32(50)22(17-28(47)48)16-26(44)24(38-21(9)43)12-13-27(45)46/h18-20,22-25,29-30H,10-17H2,1-9H3,(H,37,54)(H,38,43)(H,39,51)(H,40,52)(H,41,50)(H,42,53)(H,45,46)(H,47,48)/t22-,23-,24-,25-,29-,30-/m0/s1. The van der Waals surface area contributed by atoms with Gasteiger partial charge in [-0.25, -0.2) is 0 Å². The molecule has 6 atom stereocenters. The molecular weight excluding hydrogens is 708 g/mol. The number of nitrogens with one attached hydrogen (secondary N) is 6. The highest BCUT2D eigenvalue weighted by Crippen LogP contribution is 2.16. The minimum atomic E-state index is -1.50. The van der Waals surface area contributed by atoms with Gasteiger partial charge in [-0.3, -0.25) is 47.9 Å². The van der Waals surface area contributed by atoms with E-state index in [1.54, 1.807) is 34.6 Å². The van der Waals surface area contributed by atoms with Gasteiger partial charge in [0.2, 0.25) is 35.3 Å². The molecule has 0 aromatic rings.